The van der Waals surface area contributed by atoms with Gasteiger partial charge in [-0.15, -0.1) is 0 Å². The summed E-state index contributed by atoms with van der Waals surface area (Å²) in [5.74, 6) is -1.11. The maximum atomic E-state index is 11.0. The van der Waals surface area contributed by atoms with Crippen LogP contribution in [0.3, 0.4) is 0 Å². The Morgan fingerprint density at radius 2 is 2.21 bits per heavy atom. The SMILES string of the molecule is Cc1nn(-c2ccc(I)cc2[N+](=O)[O-])cc1C(=O)O. The number of aromatic carboxylic acids is 1. The van der Waals surface area contributed by atoms with Crippen molar-refractivity contribution in [3.05, 3.63) is 49.3 Å². The van der Waals surface area contributed by atoms with Gasteiger partial charge >= 0.3 is 5.97 Å². The van der Waals surface area contributed by atoms with E-state index in [-0.39, 0.29) is 16.9 Å². The van der Waals surface area contributed by atoms with Crippen molar-refractivity contribution in [2.45, 2.75) is 6.92 Å². The molecule has 2 rings (SSSR count). The summed E-state index contributed by atoms with van der Waals surface area (Å²) < 4.78 is 1.93. The number of hydrogen-bond acceptors (Lipinski definition) is 4. The van der Waals surface area contributed by atoms with E-state index in [2.05, 4.69) is 5.10 Å². The summed E-state index contributed by atoms with van der Waals surface area (Å²) in [4.78, 5) is 21.4. The van der Waals surface area contributed by atoms with E-state index in [1.54, 1.807) is 13.0 Å². The monoisotopic (exact) mass is 373 g/mol. The molecule has 1 heterocycles. The molecule has 1 N–H and O–H groups in total. The lowest BCUT2D eigenvalue weighted by Crippen LogP contribution is -2.01. The van der Waals surface area contributed by atoms with E-state index < -0.39 is 10.9 Å². The van der Waals surface area contributed by atoms with Crippen LogP contribution in [0.15, 0.2) is 24.4 Å². The van der Waals surface area contributed by atoms with Gasteiger partial charge in [0.25, 0.3) is 5.69 Å². The molecule has 0 unspecified atom stereocenters. The van der Waals surface area contributed by atoms with Crippen LogP contribution >= 0.6 is 22.6 Å². The first kappa shape index (κ1) is 13.5. The minimum absolute atomic E-state index is 0.0212. The summed E-state index contributed by atoms with van der Waals surface area (Å²) in [6.07, 6.45) is 1.27. The van der Waals surface area contributed by atoms with Crippen LogP contribution in [0.5, 0.6) is 0 Å². The Balaban J connectivity index is 2.62. The van der Waals surface area contributed by atoms with Gasteiger partial charge in [-0.05, 0) is 41.6 Å². The topological polar surface area (TPSA) is 98.3 Å². The predicted molar refractivity (Wildman–Crippen MR) is 74.6 cm³/mol. The molecule has 7 nitrogen and oxygen atoms in total. The zero-order valence-corrected chi connectivity index (χ0v) is 11.9. The highest BCUT2D eigenvalue weighted by Crippen LogP contribution is 2.25. The largest absolute Gasteiger partial charge is 0.478 e. The Kier molecular flexibility index (Phi) is 3.51. The molecular weight excluding hydrogens is 365 g/mol. The summed E-state index contributed by atoms with van der Waals surface area (Å²) in [6, 6.07) is 4.64. The molecular formula is C11H8IN3O4. The van der Waals surface area contributed by atoms with Gasteiger partial charge in [0, 0.05) is 15.8 Å². The Morgan fingerprint density at radius 1 is 1.53 bits per heavy atom. The van der Waals surface area contributed by atoms with E-state index >= 15 is 0 Å². The van der Waals surface area contributed by atoms with Crippen molar-refractivity contribution >= 4 is 34.2 Å². The fourth-order valence-corrected chi connectivity index (χ4v) is 2.10. The fraction of sp³-hybridized carbons (Fsp3) is 0.0909. The van der Waals surface area contributed by atoms with Crippen LogP contribution in [0, 0.1) is 20.6 Å². The number of carboxylic acids is 1. The zero-order chi connectivity index (χ0) is 14.2. The highest BCUT2D eigenvalue weighted by Gasteiger charge is 2.19. The second-order valence-electron chi connectivity index (χ2n) is 3.77. The molecule has 0 saturated carbocycles. The van der Waals surface area contributed by atoms with E-state index in [4.69, 9.17) is 5.11 Å². The zero-order valence-electron chi connectivity index (χ0n) is 9.70. The molecule has 0 atom stereocenters. The molecule has 0 saturated heterocycles. The van der Waals surface area contributed by atoms with Crippen LogP contribution in [-0.4, -0.2) is 25.8 Å². The summed E-state index contributed by atoms with van der Waals surface area (Å²) in [5.41, 5.74) is 0.445. The van der Waals surface area contributed by atoms with Crippen LogP contribution in [0.4, 0.5) is 5.69 Å². The highest BCUT2D eigenvalue weighted by atomic mass is 127. The normalized spacial score (nSPS) is 10.4. The molecule has 0 spiro atoms. The van der Waals surface area contributed by atoms with E-state index in [1.807, 2.05) is 22.6 Å². The first-order valence-corrected chi connectivity index (χ1v) is 6.22. The quantitative estimate of drug-likeness (QED) is 0.506. The van der Waals surface area contributed by atoms with Crippen molar-refractivity contribution in [1.82, 2.24) is 9.78 Å². The lowest BCUT2D eigenvalue weighted by molar-refractivity contribution is -0.384. The molecule has 0 aliphatic carbocycles. The number of nitro benzene ring substituents is 1. The van der Waals surface area contributed by atoms with E-state index in [0.717, 1.165) is 3.57 Å². The summed E-state index contributed by atoms with van der Waals surface area (Å²) in [7, 11) is 0. The first-order chi connectivity index (χ1) is 8.90. The molecule has 8 heteroatoms. The van der Waals surface area contributed by atoms with E-state index in [0.29, 0.717) is 5.69 Å². The number of halogens is 1. The number of nitrogens with zero attached hydrogens (tertiary/aromatic N) is 3. The smallest absolute Gasteiger partial charge is 0.339 e. The Morgan fingerprint density at radius 3 is 2.74 bits per heavy atom. The maximum absolute atomic E-state index is 11.0. The number of aryl methyl sites for hydroxylation is 1. The molecule has 0 amide bonds. The minimum atomic E-state index is -1.11. The molecule has 98 valence electrons. The number of nitro groups is 1. The first-order valence-electron chi connectivity index (χ1n) is 5.14. The second kappa shape index (κ2) is 4.96. The molecule has 0 radical (unpaired) electrons. The standard InChI is InChI=1S/C11H8IN3O4/c1-6-8(11(16)17)5-14(13-6)9-3-2-7(12)4-10(9)15(18)19/h2-5H,1H3,(H,16,17). The molecule has 0 aliphatic rings. The van der Waals surface area contributed by atoms with Gasteiger partial charge in [0.2, 0.25) is 0 Å². The second-order valence-corrected chi connectivity index (χ2v) is 5.01. The van der Waals surface area contributed by atoms with E-state index in [9.17, 15) is 14.9 Å². The van der Waals surface area contributed by atoms with Gasteiger partial charge in [0.15, 0.2) is 0 Å². The van der Waals surface area contributed by atoms with Crippen LogP contribution in [0.25, 0.3) is 5.69 Å². The molecule has 2 aromatic rings. The van der Waals surface area contributed by atoms with Crippen LogP contribution < -0.4 is 0 Å². The van der Waals surface area contributed by atoms with Gasteiger partial charge in [0.1, 0.15) is 11.3 Å². The minimum Gasteiger partial charge on any atom is -0.478 e. The fourth-order valence-electron chi connectivity index (χ4n) is 1.63. The summed E-state index contributed by atoms with van der Waals surface area (Å²) in [6.45, 7) is 1.54. The van der Waals surface area contributed by atoms with Gasteiger partial charge in [0.05, 0.1) is 10.6 Å². The van der Waals surface area contributed by atoms with Crippen LogP contribution in [0.1, 0.15) is 16.1 Å². The third kappa shape index (κ3) is 2.57. The number of benzene rings is 1. The van der Waals surface area contributed by atoms with Gasteiger partial charge < -0.3 is 5.11 Å². The molecule has 0 bridgehead atoms. The molecule has 1 aromatic carbocycles. The predicted octanol–water partition coefficient (Wildman–Crippen LogP) is 2.39. The number of hydrogen-bond donors (Lipinski definition) is 1. The lowest BCUT2D eigenvalue weighted by Gasteiger charge is -2.03. The highest BCUT2D eigenvalue weighted by molar-refractivity contribution is 14.1. The molecule has 0 fully saturated rings. The summed E-state index contributed by atoms with van der Waals surface area (Å²) in [5, 5.41) is 24.0. The Hall–Kier alpha value is -1.97. The number of carboxylic acid groups (broad SMARTS) is 1. The van der Waals surface area contributed by atoms with Crippen molar-refractivity contribution in [1.29, 1.82) is 0 Å². The van der Waals surface area contributed by atoms with Gasteiger partial charge in [-0.1, -0.05) is 0 Å². The van der Waals surface area contributed by atoms with Crippen molar-refractivity contribution in [3.8, 4) is 5.69 Å². The van der Waals surface area contributed by atoms with Crippen molar-refractivity contribution < 1.29 is 14.8 Å². The number of aromatic nitrogens is 2. The number of rotatable bonds is 3. The average molecular weight is 373 g/mol. The van der Waals surface area contributed by atoms with Crippen LogP contribution in [-0.2, 0) is 0 Å². The van der Waals surface area contributed by atoms with Crippen molar-refractivity contribution in [2.75, 3.05) is 0 Å². The average Bonchev–Trinajstić information content (AvgIpc) is 2.71. The molecule has 19 heavy (non-hydrogen) atoms. The van der Waals surface area contributed by atoms with Gasteiger partial charge in [-0.3, -0.25) is 10.1 Å². The van der Waals surface area contributed by atoms with Gasteiger partial charge in [-0.2, -0.15) is 5.10 Å². The Labute approximate surface area is 121 Å². The lowest BCUT2D eigenvalue weighted by atomic mass is 10.2. The molecule has 1 aromatic heterocycles. The van der Waals surface area contributed by atoms with Gasteiger partial charge in [-0.25, -0.2) is 9.48 Å². The Bertz CT molecular complexity index is 681. The van der Waals surface area contributed by atoms with E-state index in [1.165, 1.54) is 23.0 Å². The van der Waals surface area contributed by atoms with Crippen molar-refractivity contribution in [3.63, 3.8) is 0 Å². The van der Waals surface area contributed by atoms with Crippen molar-refractivity contribution in [2.24, 2.45) is 0 Å². The third-order valence-electron chi connectivity index (χ3n) is 2.51. The molecule has 0 aliphatic heterocycles. The number of carbonyl (C=O) groups is 1. The summed E-state index contributed by atoms with van der Waals surface area (Å²) >= 11 is 1.97. The maximum Gasteiger partial charge on any atom is 0.339 e. The van der Waals surface area contributed by atoms with Crippen LogP contribution in [0.2, 0.25) is 0 Å². The third-order valence-corrected chi connectivity index (χ3v) is 3.18.